The molecule has 1 N–H and O–H groups in total. The average molecular weight is 386 g/mol. The Labute approximate surface area is 140 Å². The summed E-state index contributed by atoms with van der Waals surface area (Å²) in [5.74, 6) is 0.174. The lowest BCUT2D eigenvalue weighted by atomic mass is 10.2. The molecule has 7 heteroatoms. The molecule has 2 aromatic rings. The van der Waals surface area contributed by atoms with Crippen molar-refractivity contribution in [2.24, 2.45) is 0 Å². The van der Waals surface area contributed by atoms with Crippen LogP contribution in [0.5, 0.6) is 0 Å². The van der Waals surface area contributed by atoms with Gasteiger partial charge in [-0.1, -0.05) is 0 Å². The van der Waals surface area contributed by atoms with Gasteiger partial charge in [-0.15, -0.1) is 22.7 Å². The summed E-state index contributed by atoms with van der Waals surface area (Å²) in [7, 11) is 0. The number of amides is 1. The van der Waals surface area contributed by atoms with Crippen molar-refractivity contribution in [1.29, 1.82) is 0 Å². The predicted octanol–water partition coefficient (Wildman–Crippen LogP) is 3.00. The number of halogens is 1. The normalized spacial score (nSPS) is 19.0. The fourth-order valence-electron chi connectivity index (χ4n) is 2.39. The predicted molar refractivity (Wildman–Crippen MR) is 90.9 cm³/mol. The molecule has 1 saturated heterocycles. The number of thiazole rings is 1. The smallest absolute Gasteiger partial charge is 0.228 e. The van der Waals surface area contributed by atoms with Crippen LogP contribution in [-0.2, 0) is 11.2 Å². The fourth-order valence-corrected chi connectivity index (χ4v) is 4.72. The van der Waals surface area contributed by atoms with Crippen molar-refractivity contribution in [3.05, 3.63) is 27.0 Å². The van der Waals surface area contributed by atoms with Gasteiger partial charge in [0.25, 0.3) is 0 Å². The van der Waals surface area contributed by atoms with Gasteiger partial charge in [0.1, 0.15) is 5.01 Å². The summed E-state index contributed by atoms with van der Waals surface area (Å²) < 4.78 is 1.07. The van der Waals surface area contributed by atoms with Gasteiger partial charge in [0, 0.05) is 40.9 Å². The van der Waals surface area contributed by atoms with Gasteiger partial charge in [-0.05, 0) is 28.9 Å². The quantitative estimate of drug-likeness (QED) is 0.882. The summed E-state index contributed by atoms with van der Waals surface area (Å²) in [6, 6.07) is 2.32. The Morgan fingerprint density at radius 1 is 1.52 bits per heavy atom. The van der Waals surface area contributed by atoms with Gasteiger partial charge in [-0.3, -0.25) is 4.79 Å². The topological polar surface area (TPSA) is 45.2 Å². The van der Waals surface area contributed by atoms with Gasteiger partial charge in [0.2, 0.25) is 5.91 Å². The van der Waals surface area contributed by atoms with Crippen LogP contribution in [0.3, 0.4) is 0 Å². The van der Waals surface area contributed by atoms with Crippen LogP contribution in [0.2, 0.25) is 0 Å². The van der Waals surface area contributed by atoms with E-state index in [1.54, 1.807) is 22.7 Å². The van der Waals surface area contributed by atoms with Crippen molar-refractivity contribution in [2.45, 2.75) is 19.4 Å². The minimum absolute atomic E-state index is 0.174. The Morgan fingerprint density at radius 3 is 3.10 bits per heavy atom. The number of hydrogen-bond acceptors (Lipinski definition) is 5. The first kappa shape index (κ1) is 15.1. The van der Waals surface area contributed by atoms with Gasteiger partial charge in [-0.2, -0.15) is 0 Å². The van der Waals surface area contributed by atoms with E-state index in [-0.39, 0.29) is 11.9 Å². The van der Waals surface area contributed by atoms with Crippen LogP contribution in [0.1, 0.15) is 12.6 Å². The summed E-state index contributed by atoms with van der Waals surface area (Å²) in [6.07, 6.45) is 0.396. The van der Waals surface area contributed by atoms with Crippen molar-refractivity contribution in [1.82, 2.24) is 15.2 Å². The first-order valence-corrected chi connectivity index (χ1v) is 9.37. The summed E-state index contributed by atoms with van der Waals surface area (Å²) in [5, 5.41) is 8.33. The summed E-state index contributed by atoms with van der Waals surface area (Å²) >= 11 is 6.72. The molecule has 0 saturated carbocycles. The minimum Gasteiger partial charge on any atom is -0.337 e. The molecule has 1 aliphatic rings. The van der Waals surface area contributed by atoms with Crippen molar-refractivity contribution >= 4 is 44.5 Å². The number of carbonyl (C=O) groups is 1. The van der Waals surface area contributed by atoms with E-state index >= 15 is 0 Å². The molecule has 1 aliphatic heterocycles. The molecule has 0 bridgehead atoms. The highest BCUT2D eigenvalue weighted by molar-refractivity contribution is 9.10. The molecule has 3 rings (SSSR count). The highest BCUT2D eigenvalue weighted by Crippen LogP contribution is 2.32. The maximum Gasteiger partial charge on any atom is 0.228 e. The van der Waals surface area contributed by atoms with E-state index in [0.29, 0.717) is 6.42 Å². The molecule has 1 amide bonds. The maximum atomic E-state index is 12.4. The highest BCUT2D eigenvalue weighted by atomic mass is 79.9. The van der Waals surface area contributed by atoms with Gasteiger partial charge >= 0.3 is 0 Å². The second-order valence-corrected chi connectivity index (χ2v) is 7.78. The molecule has 21 heavy (non-hydrogen) atoms. The Morgan fingerprint density at radius 2 is 2.38 bits per heavy atom. The Balaban J connectivity index is 1.68. The second kappa shape index (κ2) is 6.56. The molecule has 3 heterocycles. The molecule has 0 aromatic carbocycles. The number of hydrogen-bond donors (Lipinski definition) is 1. The molecule has 112 valence electrons. The van der Waals surface area contributed by atoms with Crippen molar-refractivity contribution in [2.75, 3.05) is 19.6 Å². The molecule has 0 spiro atoms. The lowest BCUT2D eigenvalue weighted by Gasteiger charge is -2.33. The number of nitrogens with zero attached hydrogens (tertiary/aromatic N) is 2. The molecule has 0 aliphatic carbocycles. The van der Waals surface area contributed by atoms with Crippen LogP contribution in [-0.4, -0.2) is 41.5 Å². The molecular weight excluding hydrogens is 370 g/mol. The third-order valence-corrected chi connectivity index (χ3v) is 6.24. The van der Waals surface area contributed by atoms with Gasteiger partial charge in [0.05, 0.1) is 17.0 Å². The van der Waals surface area contributed by atoms with Crippen LogP contribution in [0, 0.1) is 0 Å². The van der Waals surface area contributed by atoms with E-state index < -0.39 is 0 Å². The molecular formula is C14H16BrN3OS2. The van der Waals surface area contributed by atoms with E-state index in [0.717, 1.165) is 39.7 Å². The number of nitrogens with one attached hydrogen (secondary N) is 1. The van der Waals surface area contributed by atoms with Crippen molar-refractivity contribution in [3.63, 3.8) is 0 Å². The number of aromatic nitrogens is 1. The van der Waals surface area contributed by atoms with Crippen LogP contribution in [0.15, 0.2) is 21.3 Å². The summed E-state index contributed by atoms with van der Waals surface area (Å²) in [4.78, 5) is 20.1. The molecule has 1 fully saturated rings. The highest BCUT2D eigenvalue weighted by Gasteiger charge is 2.23. The van der Waals surface area contributed by atoms with Gasteiger partial charge < -0.3 is 10.2 Å². The lowest BCUT2D eigenvalue weighted by Crippen LogP contribution is -2.52. The average Bonchev–Trinajstić information content (AvgIpc) is 3.08. The van der Waals surface area contributed by atoms with Crippen LogP contribution in [0.4, 0.5) is 0 Å². The Hall–Kier alpha value is -0.760. The van der Waals surface area contributed by atoms with E-state index in [9.17, 15) is 4.79 Å². The van der Waals surface area contributed by atoms with Crippen LogP contribution in [0.25, 0.3) is 9.88 Å². The Bertz CT molecular complexity index is 640. The number of piperazine rings is 1. The number of thiophene rings is 1. The number of rotatable bonds is 3. The summed E-state index contributed by atoms with van der Waals surface area (Å²) in [5.41, 5.74) is 0.871. The largest absolute Gasteiger partial charge is 0.337 e. The Kier molecular flexibility index (Phi) is 4.73. The number of carbonyl (C=O) groups excluding carboxylic acids is 1. The SMILES string of the molecule is C[C@@H]1CNCCN1C(=O)Cc1csc(-c2cc(Br)cs2)n1. The second-order valence-electron chi connectivity index (χ2n) is 5.09. The first-order chi connectivity index (χ1) is 10.1. The van der Waals surface area contributed by atoms with Gasteiger partial charge in [-0.25, -0.2) is 4.98 Å². The minimum atomic E-state index is 0.174. The first-order valence-electron chi connectivity index (χ1n) is 6.82. The van der Waals surface area contributed by atoms with E-state index in [4.69, 9.17) is 0 Å². The van der Waals surface area contributed by atoms with Crippen LogP contribution >= 0.6 is 38.6 Å². The fraction of sp³-hybridized carbons (Fsp3) is 0.429. The van der Waals surface area contributed by atoms with Gasteiger partial charge in [0.15, 0.2) is 0 Å². The monoisotopic (exact) mass is 385 g/mol. The lowest BCUT2D eigenvalue weighted by molar-refractivity contribution is -0.133. The van der Waals surface area contributed by atoms with E-state index in [2.05, 4.69) is 39.2 Å². The molecule has 0 radical (unpaired) electrons. The molecule has 2 aromatic heterocycles. The maximum absolute atomic E-state index is 12.4. The van der Waals surface area contributed by atoms with Crippen LogP contribution < -0.4 is 5.32 Å². The molecule has 1 atom stereocenters. The molecule has 4 nitrogen and oxygen atoms in total. The zero-order chi connectivity index (χ0) is 14.8. The third-order valence-electron chi connectivity index (χ3n) is 3.48. The zero-order valence-electron chi connectivity index (χ0n) is 11.6. The van der Waals surface area contributed by atoms with E-state index in [1.807, 2.05) is 15.7 Å². The van der Waals surface area contributed by atoms with E-state index in [1.165, 1.54) is 0 Å². The zero-order valence-corrected chi connectivity index (χ0v) is 14.9. The van der Waals surface area contributed by atoms with Crippen molar-refractivity contribution < 1.29 is 4.79 Å². The third kappa shape index (κ3) is 3.53. The standard InChI is InChI=1S/C14H16BrN3OS2/c1-9-6-16-2-3-18(9)13(19)5-11-8-21-14(17-11)12-4-10(15)7-20-12/h4,7-9,16H,2-3,5-6H2,1H3/t9-/m1/s1. The summed E-state index contributed by atoms with van der Waals surface area (Å²) in [6.45, 7) is 4.62. The molecule has 0 unspecified atom stereocenters. The van der Waals surface area contributed by atoms with Crippen molar-refractivity contribution in [3.8, 4) is 9.88 Å².